The minimum atomic E-state index is -0.285. The van der Waals surface area contributed by atoms with Crippen LogP contribution in [0.2, 0.25) is 0 Å². The molecule has 3 rings (SSSR count). The number of hydrogen-bond donors (Lipinski definition) is 0. The molecule has 0 amide bonds. The van der Waals surface area contributed by atoms with Gasteiger partial charge in [-0.3, -0.25) is 9.59 Å². The van der Waals surface area contributed by atoms with Gasteiger partial charge in [0, 0.05) is 17.8 Å². The van der Waals surface area contributed by atoms with Crippen molar-refractivity contribution in [1.82, 2.24) is 19.6 Å². The normalized spacial score (nSPS) is 10.5. The molecule has 0 N–H and O–H groups in total. The molecule has 0 fully saturated rings. The van der Waals surface area contributed by atoms with E-state index in [0.717, 1.165) is 11.3 Å². The van der Waals surface area contributed by atoms with E-state index in [4.69, 9.17) is 6.42 Å². The molecule has 3 aromatic rings. The zero-order valence-corrected chi connectivity index (χ0v) is 14.4. The first kappa shape index (κ1) is 17.4. The third kappa shape index (κ3) is 3.62. The Kier molecular flexibility index (Phi) is 5.09. The second kappa shape index (κ2) is 7.62. The summed E-state index contributed by atoms with van der Waals surface area (Å²) in [4.78, 5) is 24.6. The first-order valence-electron chi connectivity index (χ1n) is 8.29. The molecular formula is C20H18N4O2. The average molecular weight is 346 g/mol. The molecule has 0 aliphatic heterocycles. The molecule has 0 unspecified atom stereocenters. The smallest absolute Gasteiger partial charge is 0.251 e. The molecule has 0 atom stereocenters. The van der Waals surface area contributed by atoms with Crippen molar-refractivity contribution in [2.75, 3.05) is 0 Å². The van der Waals surface area contributed by atoms with Crippen molar-refractivity contribution in [1.29, 1.82) is 0 Å². The monoisotopic (exact) mass is 346 g/mol. The molecule has 0 saturated heterocycles. The lowest BCUT2D eigenvalue weighted by Gasteiger charge is -2.07. The van der Waals surface area contributed by atoms with E-state index < -0.39 is 0 Å². The molecular weight excluding hydrogens is 328 g/mol. The van der Waals surface area contributed by atoms with Crippen LogP contribution in [0.15, 0.2) is 53.5 Å². The first-order valence-corrected chi connectivity index (χ1v) is 8.29. The Labute approximate surface area is 151 Å². The van der Waals surface area contributed by atoms with Crippen LogP contribution < -0.4 is 5.56 Å². The Morgan fingerprint density at radius 3 is 2.65 bits per heavy atom. The number of pyridine rings is 1. The molecule has 0 aliphatic rings. The van der Waals surface area contributed by atoms with Crippen LogP contribution in [0.4, 0.5) is 0 Å². The summed E-state index contributed by atoms with van der Waals surface area (Å²) in [5.41, 5.74) is 2.37. The summed E-state index contributed by atoms with van der Waals surface area (Å²) < 4.78 is 3.02. The van der Waals surface area contributed by atoms with Gasteiger partial charge in [0.15, 0.2) is 5.69 Å². The molecule has 26 heavy (non-hydrogen) atoms. The Morgan fingerprint density at radius 2 is 1.96 bits per heavy atom. The number of carbonyl (C=O) groups is 1. The maximum Gasteiger partial charge on any atom is 0.251 e. The third-order valence-electron chi connectivity index (χ3n) is 4.08. The quantitative estimate of drug-likeness (QED) is 0.505. The standard InChI is InChI=1S/C20H18N4O2/c1-3-15-10-11-19(26)23(12-15)14-18(25)20-17(4-2)24(22-21-20)13-16-8-6-5-7-9-16/h1,5-12H,4,13-14H2,2H3. The van der Waals surface area contributed by atoms with E-state index in [9.17, 15) is 9.59 Å². The molecule has 2 heterocycles. The van der Waals surface area contributed by atoms with Crippen molar-refractivity contribution in [3.63, 3.8) is 0 Å². The lowest BCUT2D eigenvalue weighted by molar-refractivity contribution is 0.0965. The molecule has 0 saturated carbocycles. The summed E-state index contributed by atoms with van der Waals surface area (Å²) in [6, 6.07) is 12.7. The van der Waals surface area contributed by atoms with Gasteiger partial charge in [-0.15, -0.1) is 11.5 Å². The molecule has 0 bridgehead atoms. The van der Waals surface area contributed by atoms with Crippen LogP contribution in [-0.4, -0.2) is 25.3 Å². The lowest BCUT2D eigenvalue weighted by Crippen LogP contribution is -2.24. The molecule has 0 spiro atoms. The maximum absolute atomic E-state index is 12.7. The van der Waals surface area contributed by atoms with Gasteiger partial charge in [-0.1, -0.05) is 48.4 Å². The van der Waals surface area contributed by atoms with Crippen molar-refractivity contribution in [2.24, 2.45) is 0 Å². The van der Waals surface area contributed by atoms with Crippen molar-refractivity contribution >= 4 is 5.78 Å². The van der Waals surface area contributed by atoms with Gasteiger partial charge >= 0.3 is 0 Å². The number of benzene rings is 1. The minimum Gasteiger partial charge on any atom is -0.306 e. The predicted molar refractivity (Wildman–Crippen MR) is 97.9 cm³/mol. The number of carbonyl (C=O) groups excluding carboxylic acids is 1. The Morgan fingerprint density at radius 1 is 1.19 bits per heavy atom. The van der Waals surface area contributed by atoms with E-state index in [1.54, 1.807) is 10.7 Å². The van der Waals surface area contributed by atoms with E-state index in [1.807, 2.05) is 37.3 Å². The van der Waals surface area contributed by atoms with Gasteiger partial charge in [0.05, 0.1) is 18.8 Å². The molecule has 6 nitrogen and oxygen atoms in total. The number of aromatic nitrogens is 4. The molecule has 6 heteroatoms. The first-order chi connectivity index (χ1) is 12.6. The number of nitrogens with zero attached hydrogens (tertiary/aromatic N) is 4. The van der Waals surface area contributed by atoms with Crippen molar-refractivity contribution < 1.29 is 4.79 Å². The van der Waals surface area contributed by atoms with Gasteiger partial charge in [0.2, 0.25) is 5.78 Å². The van der Waals surface area contributed by atoms with Gasteiger partial charge < -0.3 is 4.57 Å². The van der Waals surface area contributed by atoms with Crippen LogP contribution in [0.3, 0.4) is 0 Å². The van der Waals surface area contributed by atoms with Gasteiger partial charge in [-0.2, -0.15) is 0 Å². The second-order valence-electron chi connectivity index (χ2n) is 5.83. The van der Waals surface area contributed by atoms with Crippen LogP contribution in [-0.2, 0) is 19.5 Å². The molecule has 0 radical (unpaired) electrons. The van der Waals surface area contributed by atoms with E-state index in [1.165, 1.54) is 16.8 Å². The van der Waals surface area contributed by atoms with E-state index in [0.29, 0.717) is 24.2 Å². The average Bonchev–Trinajstić information content (AvgIpc) is 3.07. The summed E-state index contributed by atoms with van der Waals surface area (Å²) in [6.45, 7) is 2.37. The highest BCUT2D eigenvalue weighted by Gasteiger charge is 2.19. The van der Waals surface area contributed by atoms with Crippen molar-refractivity contribution in [3.8, 4) is 12.3 Å². The SMILES string of the molecule is C#Cc1ccc(=O)n(CC(=O)c2nnn(Cc3ccccc3)c2CC)c1. The van der Waals surface area contributed by atoms with E-state index in [-0.39, 0.29) is 17.9 Å². The van der Waals surface area contributed by atoms with Crippen LogP contribution in [0.5, 0.6) is 0 Å². The molecule has 1 aromatic carbocycles. The molecule has 0 aliphatic carbocycles. The highest BCUT2D eigenvalue weighted by Crippen LogP contribution is 2.11. The molecule has 130 valence electrons. The number of terminal acetylenes is 1. The maximum atomic E-state index is 12.7. The number of Topliss-reactive ketones (excluding diaryl/α,β-unsaturated/α-hetero) is 1. The fourth-order valence-corrected chi connectivity index (χ4v) is 2.75. The predicted octanol–water partition coefficient (Wildman–Crippen LogP) is 1.91. The molecule has 2 aromatic heterocycles. The van der Waals surface area contributed by atoms with Crippen LogP contribution >= 0.6 is 0 Å². The zero-order chi connectivity index (χ0) is 18.5. The van der Waals surface area contributed by atoms with Crippen LogP contribution in [0.1, 0.15) is 34.2 Å². The highest BCUT2D eigenvalue weighted by molar-refractivity contribution is 5.95. The largest absolute Gasteiger partial charge is 0.306 e. The van der Waals surface area contributed by atoms with E-state index in [2.05, 4.69) is 16.2 Å². The van der Waals surface area contributed by atoms with Crippen molar-refractivity contribution in [2.45, 2.75) is 26.4 Å². The summed E-state index contributed by atoms with van der Waals surface area (Å²) in [6.07, 6.45) is 7.47. The number of rotatable bonds is 6. The summed E-state index contributed by atoms with van der Waals surface area (Å²) in [5, 5.41) is 8.19. The summed E-state index contributed by atoms with van der Waals surface area (Å²) >= 11 is 0. The summed E-state index contributed by atoms with van der Waals surface area (Å²) in [5.74, 6) is 2.19. The third-order valence-corrected chi connectivity index (χ3v) is 4.08. The van der Waals surface area contributed by atoms with Crippen molar-refractivity contribution in [3.05, 3.63) is 81.5 Å². The summed E-state index contributed by atoms with van der Waals surface area (Å²) in [7, 11) is 0. The number of hydrogen-bond acceptors (Lipinski definition) is 4. The Bertz CT molecular complexity index is 1030. The van der Waals surface area contributed by atoms with Gasteiger partial charge in [-0.25, -0.2) is 4.68 Å². The van der Waals surface area contributed by atoms with Gasteiger partial charge in [-0.05, 0) is 18.1 Å². The highest BCUT2D eigenvalue weighted by atomic mass is 16.1. The topological polar surface area (TPSA) is 69.8 Å². The second-order valence-corrected chi connectivity index (χ2v) is 5.83. The van der Waals surface area contributed by atoms with Crippen LogP contribution in [0.25, 0.3) is 0 Å². The number of ketones is 1. The minimum absolute atomic E-state index is 0.120. The Balaban J connectivity index is 1.86. The Hall–Kier alpha value is -3.46. The lowest BCUT2D eigenvalue weighted by atomic mass is 10.1. The van der Waals surface area contributed by atoms with E-state index >= 15 is 0 Å². The zero-order valence-electron chi connectivity index (χ0n) is 14.4. The van der Waals surface area contributed by atoms with Gasteiger partial charge in [0.25, 0.3) is 5.56 Å². The van der Waals surface area contributed by atoms with Crippen LogP contribution in [0, 0.1) is 12.3 Å². The van der Waals surface area contributed by atoms with Gasteiger partial charge in [0.1, 0.15) is 0 Å². The fourth-order valence-electron chi connectivity index (χ4n) is 2.75. The fraction of sp³-hybridized carbons (Fsp3) is 0.200.